The Bertz CT molecular complexity index is 373. The number of hydrogen-bond acceptors (Lipinski definition) is 0. The van der Waals surface area contributed by atoms with Gasteiger partial charge in [-0.3, -0.25) is 0 Å². The molecular formula is C26H52. The lowest BCUT2D eigenvalue weighted by Crippen LogP contribution is -2.17. The topological polar surface area (TPSA) is 0 Å². The van der Waals surface area contributed by atoms with Crippen LogP contribution in [0.3, 0.4) is 0 Å². The molecule has 0 aliphatic heterocycles. The Morgan fingerprint density at radius 1 is 1.00 bits per heavy atom. The molecule has 0 N–H and O–H groups in total. The highest BCUT2D eigenvalue weighted by Crippen LogP contribution is 2.39. The lowest BCUT2D eigenvalue weighted by molar-refractivity contribution is 0.313. The summed E-state index contributed by atoms with van der Waals surface area (Å²) in [5.74, 6) is 0.702. The van der Waals surface area contributed by atoms with E-state index in [2.05, 4.69) is 67.2 Å². The van der Waals surface area contributed by atoms with Crippen LogP contribution >= 0.6 is 0 Å². The number of allylic oxidation sites excluding steroid dienone is 5. The summed E-state index contributed by atoms with van der Waals surface area (Å²) in [7, 11) is 0. The lowest BCUT2D eigenvalue weighted by atomic mass is 9.75. The standard InChI is InChI=1S/C19H32.C3H8.2C2H6/c1-7-15-12-10-11-13-18(15)17(9-3)16(8-2)14-19(4,5)6;1-3-2;2*1-2/h7,9,16H,1,8,10-14H2,2-6H3;3H2,1-2H3;2*1-2H3/b17-9-;;;. The first kappa shape index (κ1) is 30.0. The molecule has 0 bridgehead atoms. The predicted octanol–water partition coefficient (Wildman–Crippen LogP) is 9.92. The van der Waals surface area contributed by atoms with Crippen LogP contribution in [0.15, 0.2) is 35.5 Å². The smallest absolute Gasteiger partial charge is 0.0160 e. The van der Waals surface area contributed by atoms with Crippen LogP contribution in [0.1, 0.15) is 121 Å². The second-order valence-electron chi connectivity index (χ2n) is 7.74. The summed E-state index contributed by atoms with van der Waals surface area (Å²) in [4.78, 5) is 0. The van der Waals surface area contributed by atoms with Crippen LogP contribution in [0.25, 0.3) is 0 Å². The molecule has 156 valence electrons. The van der Waals surface area contributed by atoms with Gasteiger partial charge in [0.15, 0.2) is 0 Å². The predicted molar refractivity (Wildman–Crippen MR) is 126 cm³/mol. The summed E-state index contributed by atoms with van der Waals surface area (Å²) < 4.78 is 0. The zero-order valence-corrected chi connectivity index (χ0v) is 20.4. The lowest BCUT2D eigenvalue weighted by Gasteiger charge is -2.31. The third-order valence-corrected chi connectivity index (χ3v) is 4.21. The molecule has 1 aliphatic carbocycles. The first-order valence-electron chi connectivity index (χ1n) is 11.4. The molecule has 1 aliphatic rings. The maximum Gasteiger partial charge on any atom is -0.0160 e. The minimum absolute atomic E-state index is 0.401. The monoisotopic (exact) mass is 364 g/mol. The molecule has 0 aromatic rings. The Hall–Kier alpha value is -0.780. The van der Waals surface area contributed by atoms with Gasteiger partial charge in [0.1, 0.15) is 0 Å². The molecular weight excluding hydrogens is 312 g/mol. The molecule has 0 aromatic carbocycles. The summed E-state index contributed by atoms with van der Waals surface area (Å²) in [5.41, 5.74) is 5.12. The third kappa shape index (κ3) is 13.4. The van der Waals surface area contributed by atoms with E-state index in [4.69, 9.17) is 0 Å². The summed E-state index contributed by atoms with van der Waals surface area (Å²) >= 11 is 0. The molecule has 26 heavy (non-hydrogen) atoms. The van der Waals surface area contributed by atoms with Crippen molar-refractivity contribution in [1.82, 2.24) is 0 Å². The van der Waals surface area contributed by atoms with Gasteiger partial charge in [-0.15, -0.1) is 0 Å². The van der Waals surface area contributed by atoms with Crippen molar-refractivity contribution in [2.75, 3.05) is 0 Å². The van der Waals surface area contributed by atoms with Crippen LogP contribution in [-0.4, -0.2) is 0 Å². The van der Waals surface area contributed by atoms with Gasteiger partial charge in [-0.1, -0.05) is 94.4 Å². The van der Waals surface area contributed by atoms with E-state index < -0.39 is 0 Å². The van der Waals surface area contributed by atoms with Crippen molar-refractivity contribution in [2.24, 2.45) is 11.3 Å². The molecule has 0 heteroatoms. The van der Waals surface area contributed by atoms with Crippen molar-refractivity contribution in [3.05, 3.63) is 35.5 Å². The van der Waals surface area contributed by atoms with E-state index in [1.165, 1.54) is 50.5 Å². The largest absolute Gasteiger partial charge is 0.0988 e. The molecule has 0 saturated carbocycles. The fourth-order valence-corrected chi connectivity index (χ4v) is 3.35. The molecule has 0 amide bonds. The number of hydrogen-bond donors (Lipinski definition) is 0. The van der Waals surface area contributed by atoms with Crippen LogP contribution in [-0.2, 0) is 0 Å². The Morgan fingerprint density at radius 2 is 1.46 bits per heavy atom. The molecule has 1 unspecified atom stereocenters. The average molecular weight is 365 g/mol. The van der Waals surface area contributed by atoms with Gasteiger partial charge in [0.25, 0.3) is 0 Å². The molecule has 1 atom stereocenters. The molecule has 0 radical (unpaired) electrons. The maximum absolute atomic E-state index is 4.03. The second-order valence-corrected chi connectivity index (χ2v) is 7.74. The minimum Gasteiger partial charge on any atom is -0.0988 e. The van der Waals surface area contributed by atoms with Gasteiger partial charge in [0, 0.05) is 0 Å². The highest BCUT2D eigenvalue weighted by molar-refractivity contribution is 5.42. The maximum atomic E-state index is 4.03. The van der Waals surface area contributed by atoms with Gasteiger partial charge in [-0.2, -0.15) is 0 Å². The van der Waals surface area contributed by atoms with E-state index in [1.54, 1.807) is 11.1 Å². The van der Waals surface area contributed by atoms with Crippen molar-refractivity contribution >= 4 is 0 Å². The van der Waals surface area contributed by atoms with Crippen molar-refractivity contribution < 1.29 is 0 Å². The molecule has 0 spiro atoms. The van der Waals surface area contributed by atoms with Crippen LogP contribution in [0, 0.1) is 11.3 Å². The fourth-order valence-electron chi connectivity index (χ4n) is 3.35. The van der Waals surface area contributed by atoms with E-state index in [0.29, 0.717) is 11.3 Å². The normalized spacial score (nSPS) is 15.4. The first-order chi connectivity index (χ1) is 12.3. The Labute approximate surface area is 168 Å². The van der Waals surface area contributed by atoms with Crippen LogP contribution in [0.5, 0.6) is 0 Å². The van der Waals surface area contributed by atoms with E-state index in [-0.39, 0.29) is 0 Å². The molecule has 0 aromatic heterocycles. The van der Waals surface area contributed by atoms with E-state index in [9.17, 15) is 0 Å². The van der Waals surface area contributed by atoms with Crippen molar-refractivity contribution in [3.8, 4) is 0 Å². The third-order valence-electron chi connectivity index (χ3n) is 4.21. The van der Waals surface area contributed by atoms with E-state index in [1.807, 2.05) is 27.7 Å². The van der Waals surface area contributed by atoms with Gasteiger partial charge in [-0.05, 0) is 73.5 Å². The Balaban J connectivity index is -0.000000663. The van der Waals surface area contributed by atoms with Crippen LogP contribution in [0.4, 0.5) is 0 Å². The Kier molecular flexibility index (Phi) is 21.9. The van der Waals surface area contributed by atoms with Gasteiger partial charge in [-0.25, -0.2) is 0 Å². The fraction of sp³-hybridized carbons (Fsp3) is 0.769. The molecule has 0 saturated heterocycles. The molecule has 0 nitrogen and oxygen atoms in total. The van der Waals surface area contributed by atoms with Crippen LogP contribution in [0.2, 0.25) is 0 Å². The van der Waals surface area contributed by atoms with Crippen molar-refractivity contribution in [2.45, 2.75) is 121 Å². The molecule has 0 heterocycles. The van der Waals surface area contributed by atoms with Gasteiger partial charge in [0.2, 0.25) is 0 Å². The first-order valence-corrected chi connectivity index (χ1v) is 11.4. The Morgan fingerprint density at radius 3 is 1.81 bits per heavy atom. The van der Waals surface area contributed by atoms with Gasteiger partial charge in [0.05, 0.1) is 0 Å². The van der Waals surface area contributed by atoms with E-state index in [0.717, 1.165) is 0 Å². The summed E-state index contributed by atoms with van der Waals surface area (Å²) in [5, 5.41) is 0. The van der Waals surface area contributed by atoms with Gasteiger partial charge < -0.3 is 0 Å². The molecule has 1 rings (SSSR count). The zero-order valence-electron chi connectivity index (χ0n) is 20.4. The average Bonchev–Trinajstić information content (AvgIpc) is 2.65. The number of rotatable bonds is 5. The van der Waals surface area contributed by atoms with Crippen molar-refractivity contribution in [1.29, 1.82) is 0 Å². The second kappa shape index (κ2) is 19.0. The minimum atomic E-state index is 0.401. The quantitative estimate of drug-likeness (QED) is 0.455. The van der Waals surface area contributed by atoms with Crippen molar-refractivity contribution in [3.63, 3.8) is 0 Å². The highest BCUT2D eigenvalue weighted by atomic mass is 14.3. The summed E-state index contributed by atoms with van der Waals surface area (Å²) in [6, 6.07) is 0. The highest BCUT2D eigenvalue weighted by Gasteiger charge is 2.24. The molecule has 0 fully saturated rings. The van der Waals surface area contributed by atoms with Crippen LogP contribution < -0.4 is 0 Å². The zero-order chi connectivity index (χ0) is 21.2. The van der Waals surface area contributed by atoms with Gasteiger partial charge >= 0.3 is 0 Å². The summed E-state index contributed by atoms with van der Waals surface area (Å²) in [6.07, 6.45) is 13.4. The van der Waals surface area contributed by atoms with E-state index >= 15 is 0 Å². The summed E-state index contributed by atoms with van der Waals surface area (Å²) in [6.45, 7) is 27.9. The SMILES string of the molecule is C=CC1=C(/C(=C\C)C(CC)CC(C)(C)C)CCCC1.CC.CC.CCC.